The van der Waals surface area contributed by atoms with Crippen LogP contribution >= 0.6 is 0 Å². The second kappa shape index (κ2) is 4.09. The van der Waals surface area contributed by atoms with Gasteiger partial charge in [0.05, 0.1) is 0 Å². The molecule has 16 heavy (non-hydrogen) atoms. The number of aromatic amines is 1. The Morgan fingerprint density at radius 2 is 2.00 bits per heavy atom. The zero-order valence-corrected chi connectivity index (χ0v) is 8.00. The molecular formula is C10H7F2N3O. The first-order valence-corrected chi connectivity index (χ1v) is 4.43. The normalized spacial score (nSPS) is 10.1. The van der Waals surface area contributed by atoms with E-state index >= 15 is 0 Å². The van der Waals surface area contributed by atoms with Gasteiger partial charge in [0.15, 0.2) is 5.82 Å². The highest BCUT2D eigenvalue weighted by Crippen LogP contribution is 2.18. The minimum Gasteiger partial charge on any atom is -0.341 e. The van der Waals surface area contributed by atoms with Crippen LogP contribution in [0.3, 0.4) is 0 Å². The maximum Gasteiger partial charge on any atom is 0.291 e. The number of amides is 1. The molecular weight excluding hydrogens is 216 g/mol. The average molecular weight is 223 g/mol. The maximum absolute atomic E-state index is 13.2. The van der Waals surface area contributed by atoms with Gasteiger partial charge in [0.1, 0.15) is 17.3 Å². The number of nitrogens with zero attached hydrogens (tertiary/aromatic N) is 1. The summed E-state index contributed by atoms with van der Waals surface area (Å²) in [5, 5.41) is 2.10. The highest BCUT2D eigenvalue weighted by Gasteiger charge is 2.14. The number of anilines is 1. The van der Waals surface area contributed by atoms with Crippen LogP contribution in [0.25, 0.3) is 0 Å². The van der Waals surface area contributed by atoms with Crippen LogP contribution < -0.4 is 5.32 Å². The summed E-state index contributed by atoms with van der Waals surface area (Å²) in [5.74, 6) is -2.38. The largest absolute Gasteiger partial charge is 0.341 e. The second-order valence-corrected chi connectivity index (χ2v) is 2.99. The molecule has 4 nitrogen and oxygen atoms in total. The molecule has 1 heterocycles. The van der Waals surface area contributed by atoms with Gasteiger partial charge >= 0.3 is 0 Å². The Hall–Kier alpha value is -2.24. The quantitative estimate of drug-likeness (QED) is 0.817. The van der Waals surface area contributed by atoms with Crippen LogP contribution in [0.4, 0.5) is 14.5 Å². The third-order valence-corrected chi connectivity index (χ3v) is 1.91. The Kier molecular flexibility index (Phi) is 2.63. The number of carbonyl (C=O) groups is 1. The minimum atomic E-state index is -0.833. The fraction of sp³-hybridized carbons (Fsp3) is 0. The van der Waals surface area contributed by atoms with E-state index in [9.17, 15) is 13.6 Å². The molecule has 0 unspecified atom stereocenters. The third kappa shape index (κ3) is 1.90. The summed E-state index contributed by atoms with van der Waals surface area (Å²) in [6, 6.07) is 3.33. The first-order valence-electron chi connectivity index (χ1n) is 4.43. The van der Waals surface area contributed by atoms with Crippen molar-refractivity contribution >= 4 is 11.6 Å². The summed E-state index contributed by atoms with van der Waals surface area (Å²) in [6.45, 7) is 0. The molecule has 0 aliphatic carbocycles. The number of hydrogen-bond donors (Lipinski definition) is 2. The zero-order valence-electron chi connectivity index (χ0n) is 8.00. The van der Waals surface area contributed by atoms with Gasteiger partial charge in [-0.05, 0) is 12.1 Å². The van der Waals surface area contributed by atoms with Crippen molar-refractivity contribution < 1.29 is 13.6 Å². The molecule has 0 aliphatic heterocycles. The lowest BCUT2D eigenvalue weighted by molar-refractivity contribution is 0.101. The lowest BCUT2D eigenvalue weighted by Crippen LogP contribution is -2.15. The van der Waals surface area contributed by atoms with Crippen LogP contribution in [0.2, 0.25) is 0 Å². The SMILES string of the molecule is O=C(Nc1c(F)cccc1F)c1ncc[nH]1. The fourth-order valence-corrected chi connectivity index (χ4v) is 1.18. The molecule has 0 atom stereocenters. The number of carbonyl (C=O) groups excluding carboxylic acids is 1. The van der Waals surface area contributed by atoms with Crippen LogP contribution in [0.1, 0.15) is 10.6 Å². The van der Waals surface area contributed by atoms with Gasteiger partial charge < -0.3 is 10.3 Å². The number of hydrogen-bond acceptors (Lipinski definition) is 2. The molecule has 1 aromatic carbocycles. The van der Waals surface area contributed by atoms with E-state index in [1.807, 2.05) is 0 Å². The van der Waals surface area contributed by atoms with E-state index in [4.69, 9.17) is 0 Å². The van der Waals surface area contributed by atoms with Crippen LogP contribution in [0.5, 0.6) is 0 Å². The zero-order chi connectivity index (χ0) is 11.5. The van der Waals surface area contributed by atoms with Gasteiger partial charge in [-0.3, -0.25) is 4.79 Å². The Labute approximate surface area is 89.3 Å². The molecule has 2 N–H and O–H groups in total. The van der Waals surface area contributed by atoms with Crippen molar-refractivity contribution in [1.29, 1.82) is 0 Å². The lowest BCUT2D eigenvalue weighted by Gasteiger charge is -2.05. The Morgan fingerprint density at radius 1 is 1.31 bits per heavy atom. The maximum atomic E-state index is 13.2. The number of nitrogens with one attached hydrogen (secondary N) is 2. The third-order valence-electron chi connectivity index (χ3n) is 1.91. The van der Waals surface area contributed by atoms with E-state index in [0.29, 0.717) is 0 Å². The average Bonchev–Trinajstić information content (AvgIpc) is 2.76. The number of halogens is 2. The number of H-pyrrole nitrogens is 1. The molecule has 1 aromatic heterocycles. The Balaban J connectivity index is 2.25. The highest BCUT2D eigenvalue weighted by atomic mass is 19.1. The molecule has 0 spiro atoms. The molecule has 0 saturated heterocycles. The van der Waals surface area contributed by atoms with Gasteiger partial charge in [-0.15, -0.1) is 0 Å². The molecule has 82 valence electrons. The van der Waals surface area contributed by atoms with Crippen molar-refractivity contribution in [1.82, 2.24) is 9.97 Å². The van der Waals surface area contributed by atoms with Gasteiger partial charge in [0.25, 0.3) is 5.91 Å². The molecule has 2 aromatic rings. The van der Waals surface area contributed by atoms with Gasteiger partial charge in [-0.2, -0.15) is 0 Å². The number of benzene rings is 1. The van der Waals surface area contributed by atoms with E-state index in [0.717, 1.165) is 12.1 Å². The Bertz CT molecular complexity index is 491. The molecule has 0 saturated carbocycles. The van der Waals surface area contributed by atoms with E-state index in [1.165, 1.54) is 18.5 Å². The van der Waals surface area contributed by atoms with Crippen molar-refractivity contribution in [2.24, 2.45) is 0 Å². The monoisotopic (exact) mass is 223 g/mol. The Morgan fingerprint density at radius 3 is 2.56 bits per heavy atom. The standard InChI is InChI=1S/C10H7F2N3O/c11-6-2-1-3-7(12)8(6)15-10(16)9-13-4-5-14-9/h1-5H,(H,13,14)(H,15,16). The first-order chi connectivity index (χ1) is 7.68. The van der Waals surface area contributed by atoms with E-state index in [2.05, 4.69) is 15.3 Å². The minimum absolute atomic E-state index is 0.0114. The van der Waals surface area contributed by atoms with Crippen molar-refractivity contribution in [2.45, 2.75) is 0 Å². The smallest absolute Gasteiger partial charge is 0.291 e. The molecule has 1 amide bonds. The van der Waals surface area contributed by atoms with Gasteiger partial charge in [-0.25, -0.2) is 13.8 Å². The number of aromatic nitrogens is 2. The summed E-state index contributed by atoms with van der Waals surface area (Å²) in [4.78, 5) is 17.6. The predicted octanol–water partition coefficient (Wildman–Crippen LogP) is 1.94. The molecule has 0 bridgehead atoms. The molecule has 0 fully saturated rings. The van der Waals surface area contributed by atoms with Crippen LogP contribution in [-0.4, -0.2) is 15.9 Å². The predicted molar refractivity (Wildman–Crippen MR) is 52.9 cm³/mol. The van der Waals surface area contributed by atoms with Crippen molar-refractivity contribution in [3.63, 3.8) is 0 Å². The highest BCUT2D eigenvalue weighted by molar-refractivity contribution is 6.01. The van der Waals surface area contributed by atoms with Gasteiger partial charge in [0, 0.05) is 12.4 Å². The summed E-state index contributed by atoms with van der Waals surface area (Å²) in [5.41, 5.74) is -0.482. The number of imidazole rings is 1. The van der Waals surface area contributed by atoms with Gasteiger partial charge in [-0.1, -0.05) is 6.07 Å². The van der Waals surface area contributed by atoms with Crippen molar-refractivity contribution in [3.8, 4) is 0 Å². The van der Waals surface area contributed by atoms with E-state index in [1.54, 1.807) is 0 Å². The van der Waals surface area contributed by atoms with Gasteiger partial charge in [0.2, 0.25) is 0 Å². The van der Waals surface area contributed by atoms with Crippen LogP contribution in [-0.2, 0) is 0 Å². The van der Waals surface area contributed by atoms with E-state index in [-0.39, 0.29) is 5.82 Å². The lowest BCUT2D eigenvalue weighted by atomic mass is 10.3. The first kappa shape index (κ1) is 10.3. The van der Waals surface area contributed by atoms with Crippen LogP contribution in [0.15, 0.2) is 30.6 Å². The summed E-state index contributed by atoms with van der Waals surface area (Å²) in [6.07, 6.45) is 2.80. The van der Waals surface area contributed by atoms with Crippen LogP contribution in [0, 0.1) is 11.6 Å². The van der Waals surface area contributed by atoms with E-state index < -0.39 is 23.2 Å². The molecule has 0 radical (unpaired) electrons. The number of para-hydroxylation sites is 1. The van der Waals surface area contributed by atoms with Crippen molar-refractivity contribution in [3.05, 3.63) is 48.1 Å². The molecule has 6 heteroatoms. The summed E-state index contributed by atoms with van der Waals surface area (Å²) >= 11 is 0. The van der Waals surface area contributed by atoms with Crippen molar-refractivity contribution in [2.75, 3.05) is 5.32 Å². The summed E-state index contributed by atoms with van der Waals surface area (Å²) in [7, 11) is 0. The number of rotatable bonds is 2. The molecule has 0 aliphatic rings. The topological polar surface area (TPSA) is 57.8 Å². The second-order valence-electron chi connectivity index (χ2n) is 2.99. The molecule has 2 rings (SSSR count). The fourth-order valence-electron chi connectivity index (χ4n) is 1.18. The summed E-state index contributed by atoms with van der Waals surface area (Å²) < 4.78 is 26.3.